The molecule has 0 unspecified atom stereocenters. The molecule has 2 aromatic carbocycles. The van der Waals surface area contributed by atoms with E-state index in [0.717, 1.165) is 11.1 Å². The molecule has 25 heavy (non-hydrogen) atoms. The van der Waals surface area contributed by atoms with Gasteiger partial charge >= 0.3 is 0 Å². The van der Waals surface area contributed by atoms with Crippen LogP contribution in [0.25, 0.3) is 0 Å². The third-order valence-corrected chi connectivity index (χ3v) is 4.16. The summed E-state index contributed by atoms with van der Waals surface area (Å²) < 4.78 is 11.2. The molecule has 0 aliphatic rings. The first-order chi connectivity index (χ1) is 11.5. The lowest BCUT2D eigenvalue weighted by atomic mass is 10.2. The van der Waals surface area contributed by atoms with Gasteiger partial charge in [-0.05, 0) is 29.8 Å². The fraction of sp³-hybridized carbons (Fsp3) is 0.294. The van der Waals surface area contributed by atoms with Crippen molar-refractivity contribution >= 4 is 34.8 Å². The van der Waals surface area contributed by atoms with Crippen molar-refractivity contribution in [3.8, 4) is 11.5 Å². The minimum Gasteiger partial charge on any atom is -1.00 e. The summed E-state index contributed by atoms with van der Waals surface area (Å²) in [4.78, 5) is 0. The zero-order valence-electron chi connectivity index (χ0n) is 13.5. The van der Waals surface area contributed by atoms with Crippen LogP contribution in [0.3, 0.4) is 0 Å². The van der Waals surface area contributed by atoms with E-state index in [4.69, 9.17) is 49.4 Å². The van der Waals surface area contributed by atoms with Gasteiger partial charge in [0, 0.05) is 28.7 Å². The molecule has 8 heteroatoms. The summed E-state index contributed by atoms with van der Waals surface area (Å²) in [6.45, 7) is 1.40. The van der Waals surface area contributed by atoms with Gasteiger partial charge in [-0.15, -0.1) is 0 Å². The summed E-state index contributed by atoms with van der Waals surface area (Å²) in [7, 11) is 1.55. The fourth-order valence-electron chi connectivity index (χ4n) is 2.12. The second kappa shape index (κ2) is 11.0. The van der Waals surface area contributed by atoms with Gasteiger partial charge in [-0.1, -0.05) is 40.9 Å². The Morgan fingerprint density at radius 2 is 1.84 bits per heavy atom. The highest BCUT2D eigenvalue weighted by atomic mass is 35.5. The number of benzene rings is 2. The highest BCUT2D eigenvalue weighted by molar-refractivity contribution is 6.35. The van der Waals surface area contributed by atoms with E-state index in [1.807, 2.05) is 6.07 Å². The van der Waals surface area contributed by atoms with E-state index in [9.17, 15) is 0 Å². The third kappa shape index (κ3) is 6.41. The van der Waals surface area contributed by atoms with Crippen LogP contribution in [0.4, 0.5) is 0 Å². The summed E-state index contributed by atoms with van der Waals surface area (Å²) >= 11 is 18.4. The molecule has 0 bridgehead atoms. The van der Waals surface area contributed by atoms with E-state index in [1.165, 1.54) is 0 Å². The first kappa shape index (κ1) is 22.2. The molecular weight excluding hydrogens is 408 g/mol. The first-order valence-corrected chi connectivity index (χ1v) is 8.43. The SMILES string of the molecule is COc1cc(CNCCO)cc(Cl)c1OCc1ccc(Cl)cc1Cl.[Cl-]. The maximum atomic E-state index is 8.81. The van der Waals surface area contributed by atoms with E-state index in [0.29, 0.717) is 39.7 Å². The van der Waals surface area contributed by atoms with Crippen molar-refractivity contribution in [1.82, 2.24) is 5.32 Å². The zero-order chi connectivity index (χ0) is 17.5. The lowest BCUT2D eigenvalue weighted by molar-refractivity contribution is -0.00000624. The van der Waals surface area contributed by atoms with Gasteiger partial charge in [0.25, 0.3) is 0 Å². The van der Waals surface area contributed by atoms with E-state index in [1.54, 1.807) is 31.4 Å². The van der Waals surface area contributed by atoms with Gasteiger partial charge in [-0.25, -0.2) is 0 Å². The maximum Gasteiger partial charge on any atom is 0.180 e. The number of hydrogen-bond acceptors (Lipinski definition) is 4. The van der Waals surface area contributed by atoms with E-state index in [2.05, 4.69) is 5.32 Å². The molecule has 0 aromatic heterocycles. The zero-order valence-corrected chi connectivity index (χ0v) is 16.5. The van der Waals surface area contributed by atoms with Crippen LogP contribution in [0, 0.1) is 0 Å². The Kier molecular flexibility index (Phi) is 9.72. The topological polar surface area (TPSA) is 50.7 Å². The Morgan fingerprint density at radius 1 is 1.08 bits per heavy atom. The molecule has 0 saturated carbocycles. The molecule has 4 nitrogen and oxygen atoms in total. The van der Waals surface area contributed by atoms with Crippen LogP contribution < -0.4 is 27.2 Å². The summed E-state index contributed by atoms with van der Waals surface area (Å²) in [5.41, 5.74) is 1.73. The molecule has 0 saturated heterocycles. The smallest absolute Gasteiger partial charge is 0.180 e. The number of hydrogen-bond donors (Lipinski definition) is 2. The van der Waals surface area contributed by atoms with Crippen molar-refractivity contribution < 1.29 is 27.0 Å². The molecule has 0 heterocycles. The van der Waals surface area contributed by atoms with Crippen LogP contribution in [0.5, 0.6) is 11.5 Å². The second-order valence-electron chi connectivity index (χ2n) is 5.03. The van der Waals surface area contributed by atoms with Crippen molar-refractivity contribution in [2.75, 3.05) is 20.3 Å². The Labute approximate surface area is 168 Å². The molecule has 0 radical (unpaired) electrons. The summed E-state index contributed by atoms with van der Waals surface area (Å²) in [6, 6.07) is 8.86. The average Bonchev–Trinajstić information content (AvgIpc) is 2.55. The number of aliphatic hydroxyl groups is 1. The van der Waals surface area contributed by atoms with Gasteiger partial charge in [0.15, 0.2) is 11.5 Å². The average molecular weight is 426 g/mol. The van der Waals surface area contributed by atoms with E-state index in [-0.39, 0.29) is 25.6 Å². The minimum atomic E-state index is 0. The first-order valence-electron chi connectivity index (χ1n) is 7.30. The molecule has 2 aromatic rings. The molecule has 2 rings (SSSR count). The number of nitrogens with one attached hydrogen (secondary N) is 1. The van der Waals surface area contributed by atoms with Gasteiger partial charge in [-0.3, -0.25) is 0 Å². The minimum absolute atomic E-state index is 0. The fourth-order valence-corrected chi connectivity index (χ4v) is 2.87. The van der Waals surface area contributed by atoms with Crippen molar-refractivity contribution in [2.24, 2.45) is 0 Å². The number of methoxy groups -OCH3 is 1. The third-order valence-electron chi connectivity index (χ3n) is 3.29. The van der Waals surface area contributed by atoms with Gasteiger partial charge in [0.05, 0.1) is 18.7 Å². The number of rotatable bonds is 8. The molecule has 0 amide bonds. The molecule has 0 spiro atoms. The van der Waals surface area contributed by atoms with Crippen molar-refractivity contribution in [3.63, 3.8) is 0 Å². The normalized spacial score (nSPS) is 10.3. The molecule has 2 N–H and O–H groups in total. The Morgan fingerprint density at radius 3 is 2.48 bits per heavy atom. The standard InChI is InChI=1S/C17H18Cl3NO3.ClH/c1-23-16-7-11(9-21-4-5-22)6-15(20)17(16)24-10-12-2-3-13(18)8-14(12)19;/h2-3,6-8,21-22H,4-5,9-10H2,1H3;1H/p-1. The Bertz CT molecular complexity index is 698. The van der Waals surface area contributed by atoms with Crippen LogP contribution in [-0.4, -0.2) is 25.4 Å². The van der Waals surface area contributed by atoms with Gasteiger partial charge in [0.2, 0.25) is 0 Å². The molecule has 0 atom stereocenters. The van der Waals surface area contributed by atoms with Crippen molar-refractivity contribution in [3.05, 3.63) is 56.5 Å². The summed E-state index contributed by atoms with van der Waals surface area (Å²) in [5.74, 6) is 0.990. The van der Waals surface area contributed by atoms with Crippen molar-refractivity contribution in [2.45, 2.75) is 13.2 Å². The maximum absolute atomic E-state index is 8.81. The van der Waals surface area contributed by atoms with Gasteiger partial charge in [-0.2, -0.15) is 0 Å². The van der Waals surface area contributed by atoms with E-state index >= 15 is 0 Å². The number of ether oxygens (including phenoxy) is 2. The monoisotopic (exact) mass is 424 g/mol. The van der Waals surface area contributed by atoms with Crippen LogP contribution in [0.15, 0.2) is 30.3 Å². The predicted octanol–water partition coefficient (Wildman–Crippen LogP) is 1.32. The second-order valence-corrected chi connectivity index (χ2v) is 6.28. The van der Waals surface area contributed by atoms with Crippen molar-refractivity contribution in [1.29, 1.82) is 0 Å². The van der Waals surface area contributed by atoms with Crippen LogP contribution in [0.1, 0.15) is 11.1 Å². The van der Waals surface area contributed by atoms with E-state index < -0.39 is 0 Å². The van der Waals surface area contributed by atoms with Crippen LogP contribution >= 0.6 is 34.8 Å². The summed E-state index contributed by atoms with van der Waals surface area (Å²) in [6.07, 6.45) is 0. The van der Waals surface area contributed by atoms with Gasteiger partial charge < -0.3 is 32.3 Å². The molecular formula is C17H18Cl4NO3-. The lowest BCUT2D eigenvalue weighted by Gasteiger charge is -2.15. The summed E-state index contributed by atoms with van der Waals surface area (Å²) in [5, 5.41) is 13.4. The highest BCUT2D eigenvalue weighted by Crippen LogP contribution is 2.37. The Balaban J connectivity index is 0.00000312. The molecule has 138 valence electrons. The largest absolute Gasteiger partial charge is 1.00 e. The molecule has 0 aliphatic carbocycles. The molecule has 0 aliphatic heterocycles. The highest BCUT2D eigenvalue weighted by Gasteiger charge is 2.13. The number of halogens is 4. The predicted molar refractivity (Wildman–Crippen MR) is 97.6 cm³/mol. The Hall–Kier alpha value is -0.880. The van der Waals surface area contributed by atoms with Gasteiger partial charge in [0.1, 0.15) is 6.61 Å². The van der Waals surface area contributed by atoms with Crippen LogP contribution in [0.2, 0.25) is 15.1 Å². The molecule has 0 fully saturated rings. The quantitative estimate of drug-likeness (QED) is 0.626. The lowest BCUT2D eigenvalue weighted by Crippen LogP contribution is -3.00. The van der Waals surface area contributed by atoms with Crippen LogP contribution in [-0.2, 0) is 13.2 Å². The number of aliphatic hydroxyl groups excluding tert-OH is 1.